The van der Waals surface area contributed by atoms with Crippen LogP contribution in [0, 0.1) is 11.8 Å². The summed E-state index contributed by atoms with van der Waals surface area (Å²) in [6, 6.07) is 7.52. The normalized spacial score (nSPS) is 31.9. The lowest BCUT2D eigenvalue weighted by molar-refractivity contribution is 0.0809. The summed E-state index contributed by atoms with van der Waals surface area (Å²) in [6.45, 7) is 2.29. The van der Waals surface area contributed by atoms with Crippen LogP contribution in [-0.2, 0) is 0 Å². The average Bonchev–Trinajstić information content (AvgIpc) is 2.79. The van der Waals surface area contributed by atoms with Gasteiger partial charge in [0.15, 0.2) is 0 Å². The molecule has 0 spiro atoms. The molecule has 2 bridgehead atoms. The van der Waals surface area contributed by atoms with Gasteiger partial charge < -0.3 is 20.7 Å². The van der Waals surface area contributed by atoms with Gasteiger partial charge in [0.25, 0.3) is 5.91 Å². The van der Waals surface area contributed by atoms with E-state index in [1.165, 1.54) is 25.7 Å². The third-order valence-electron chi connectivity index (χ3n) is 7.90. The van der Waals surface area contributed by atoms with Crippen LogP contribution in [-0.4, -0.2) is 36.7 Å². The van der Waals surface area contributed by atoms with Gasteiger partial charge in [-0.15, -0.1) is 0 Å². The van der Waals surface area contributed by atoms with Gasteiger partial charge in [-0.05, 0) is 87.5 Å². The highest BCUT2D eigenvalue weighted by Gasteiger charge is 2.43. The van der Waals surface area contributed by atoms with Crippen LogP contribution in [0.5, 0.6) is 5.75 Å². The minimum Gasteiger partial charge on any atom is -0.490 e. The molecule has 3 aliphatic carbocycles. The Hall–Kier alpha value is -2.24. The van der Waals surface area contributed by atoms with Crippen LogP contribution in [0.3, 0.4) is 0 Å². The van der Waals surface area contributed by atoms with Crippen LogP contribution in [0.1, 0.15) is 92.2 Å². The number of fused-ring (bicyclic) bond motifs is 2. The van der Waals surface area contributed by atoms with E-state index < -0.39 is 0 Å². The molecule has 0 aromatic heterocycles. The molecule has 0 heterocycles. The third-order valence-corrected chi connectivity index (χ3v) is 7.90. The molecular weight excluding hydrogens is 402 g/mol. The predicted octanol–water partition coefficient (Wildman–Crippen LogP) is 5.52. The van der Waals surface area contributed by atoms with E-state index >= 15 is 0 Å². The molecule has 0 radical (unpaired) electrons. The first-order valence-corrected chi connectivity index (χ1v) is 12.6. The van der Waals surface area contributed by atoms with E-state index in [0.29, 0.717) is 5.56 Å². The molecular formula is C26H45N3O3. The third kappa shape index (κ3) is 5.57. The zero-order valence-electron chi connectivity index (χ0n) is 19.6. The SMILES string of the molecule is CCC1CC2CCCC(NC(=O)NC3CCC(Oc4ccc(C(=O)NC)cc4)CC3)(C1)C2.[HH].[HH].[HH]. The smallest absolute Gasteiger partial charge is 0.315 e. The van der Waals surface area contributed by atoms with E-state index in [-0.39, 0.29) is 33.9 Å². The maximum absolute atomic E-state index is 12.9. The monoisotopic (exact) mass is 447 g/mol. The number of urea groups is 1. The van der Waals surface area contributed by atoms with Crippen molar-refractivity contribution in [1.82, 2.24) is 16.0 Å². The number of rotatable bonds is 6. The number of benzene rings is 1. The zero-order valence-corrected chi connectivity index (χ0v) is 19.6. The maximum Gasteiger partial charge on any atom is 0.315 e. The Balaban J connectivity index is 0.00000204. The molecule has 3 aliphatic rings. The van der Waals surface area contributed by atoms with Crippen molar-refractivity contribution in [2.75, 3.05) is 7.05 Å². The highest BCUT2D eigenvalue weighted by Crippen LogP contribution is 2.46. The molecule has 6 heteroatoms. The van der Waals surface area contributed by atoms with Crippen LogP contribution in [0.4, 0.5) is 4.79 Å². The summed E-state index contributed by atoms with van der Waals surface area (Å²) in [5.74, 6) is 2.25. The van der Waals surface area contributed by atoms with Crippen molar-refractivity contribution in [3.8, 4) is 5.75 Å². The van der Waals surface area contributed by atoms with Gasteiger partial charge >= 0.3 is 6.03 Å². The van der Waals surface area contributed by atoms with Crippen molar-refractivity contribution >= 4 is 11.9 Å². The molecule has 3 fully saturated rings. The number of carbonyl (C=O) groups excluding carboxylic acids is 2. The van der Waals surface area contributed by atoms with Gasteiger partial charge in [0, 0.05) is 28.5 Å². The van der Waals surface area contributed by atoms with E-state index in [0.717, 1.165) is 62.5 Å². The lowest BCUT2D eigenvalue weighted by atomic mass is 9.63. The quantitative estimate of drug-likeness (QED) is 0.537. The molecule has 3 saturated carbocycles. The van der Waals surface area contributed by atoms with Gasteiger partial charge in [-0.3, -0.25) is 4.79 Å². The largest absolute Gasteiger partial charge is 0.490 e. The van der Waals surface area contributed by atoms with Crippen LogP contribution >= 0.6 is 0 Å². The average molecular weight is 448 g/mol. The second-order valence-electron chi connectivity index (χ2n) is 10.3. The highest BCUT2D eigenvalue weighted by molar-refractivity contribution is 5.94. The standard InChI is InChI=1S/C26H39N3O3.3H2/c1-3-18-15-19-5-4-14-26(16-18,17-19)29-25(31)28-21-8-12-23(13-9-21)32-22-10-6-20(7-11-22)24(30)27-2;;;/h6-7,10-11,18-19,21,23H,3-5,8-9,12-17H2,1-2H3,(H,27,30)(H2,28,29,31);3*1H. The van der Waals surface area contributed by atoms with Crippen LogP contribution in [0.25, 0.3) is 0 Å². The van der Waals surface area contributed by atoms with Crippen LogP contribution in [0.15, 0.2) is 24.3 Å². The second-order valence-corrected chi connectivity index (χ2v) is 10.3. The molecule has 182 valence electrons. The maximum atomic E-state index is 12.9. The number of carbonyl (C=O) groups is 2. The summed E-state index contributed by atoms with van der Waals surface area (Å²) in [7, 11) is 1.63. The molecule has 1 aromatic carbocycles. The minimum atomic E-state index is -0.0943. The number of hydrogen-bond donors (Lipinski definition) is 3. The van der Waals surface area contributed by atoms with E-state index in [1.807, 2.05) is 12.1 Å². The van der Waals surface area contributed by atoms with Gasteiger partial charge in [-0.1, -0.05) is 26.2 Å². The molecule has 0 saturated heterocycles. The van der Waals surface area contributed by atoms with Gasteiger partial charge in [-0.25, -0.2) is 4.79 Å². The summed E-state index contributed by atoms with van der Waals surface area (Å²) < 4.78 is 6.12. The number of nitrogens with one attached hydrogen (secondary N) is 3. The summed E-state index contributed by atoms with van der Waals surface area (Å²) in [5, 5.41) is 9.31. The lowest BCUT2D eigenvalue weighted by Crippen LogP contribution is -2.58. The Kier molecular flexibility index (Phi) is 7.27. The van der Waals surface area contributed by atoms with Crippen molar-refractivity contribution in [2.24, 2.45) is 11.8 Å². The molecule has 4 rings (SSSR count). The van der Waals surface area contributed by atoms with Crippen molar-refractivity contribution in [2.45, 2.75) is 95.2 Å². The molecule has 0 aliphatic heterocycles. The van der Waals surface area contributed by atoms with Gasteiger partial charge in [0.2, 0.25) is 0 Å². The van der Waals surface area contributed by atoms with Gasteiger partial charge in [0.1, 0.15) is 5.75 Å². The van der Waals surface area contributed by atoms with Crippen molar-refractivity contribution in [3.05, 3.63) is 29.8 Å². The summed E-state index contributed by atoms with van der Waals surface area (Å²) >= 11 is 0. The summed E-state index contributed by atoms with van der Waals surface area (Å²) in [4.78, 5) is 24.5. The number of hydrogen-bond acceptors (Lipinski definition) is 3. The predicted molar refractivity (Wildman–Crippen MR) is 132 cm³/mol. The van der Waals surface area contributed by atoms with E-state index in [2.05, 4.69) is 22.9 Å². The van der Waals surface area contributed by atoms with Crippen LogP contribution < -0.4 is 20.7 Å². The molecule has 1 aromatic rings. The van der Waals surface area contributed by atoms with Gasteiger partial charge in [-0.2, -0.15) is 0 Å². The molecule has 3 atom stereocenters. The fourth-order valence-corrected chi connectivity index (χ4v) is 6.26. The molecule has 3 amide bonds. The van der Waals surface area contributed by atoms with Crippen molar-refractivity contribution < 1.29 is 18.6 Å². The summed E-state index contributed by atoms with van der Waals surface area (Å²) in [6.07, 6.45) is 12.5. The van der Waals surface area contributed by atoms with E-state index in [9.17, 15) is 9.59 Å². The van der Waals surface area contributed by atoms with E-state index in [4.69, 9.17) is 4.74 Å². The molecule has 3 unspecified atom stereocenters. The topological polar surface area (TPSA) is 79.5 Å². The highest BCUT2D eigenvalue weighted by atomic mass is 16.5. The molecule has 3 N–H and O–H groups in total. The van der Waals surface area contributed by atoms with Gasteiger partial charge in [0.05, 0.1) is 6.10 Å². The van der Waals surface area contributed by atoms with Crippen molar-refractivity contribution in [1.29, 1.82) is 0 Å². The number of ether oxygens (including phenoxy) is 1. The Labute approximate surface area is 196 Å². The zero-order chi connectivity index (χ0) is 22.6. The first-order chi connectivity index (χ1) is 15.5. The second kappa shape index (κ2) is 10.1. The fraction of sp³-hybridized carbons (Fsp3) is 0.692. The van der Waals surface area contributed by atoms with E-state index in [1.54, 1.807) is 19.2 Å². The van der Waals surface area contributed by atoms with Crippen LogP contribution in [0.2, 0.25) is 0 Å². The van der Waals surface area contributed by atoms with Crippen molar-refractivity contribution in [3.63, 3.8) is 0 Å². The first kappa shape index (κ1) is 22.9. The molecule has 6 nitrogen and oxygen atoms in total. The Morgan fingerprint density at radius 1 is 1.09 bits per heavy atom. The Bertz CT molecular complexity index is 803. The Morgan fingerprint density at radius 3 is 2.53 bits per heavy atom. The molecule has 32 heavy (non-hydrogen) atoms. The lowest BCUT2D eigenvalue weighted by Gasteiger charge is -2.49. The number of amides is 3. The Morgan fingerprint density at radius 2 is 1.84 bits per heavy atom. The fourth-order valence-electron chi connectivity index (χ4n) is 6.26. The summed E-state index contributed by atoms with van der Waals surface area (Å²) in [5.41, 5.74) is 0.651. The minimum absolute atomic E-state index is 0. The first-order valence-electron chi connectivity index (χ1n) is 12.6.